The molecule has 0 saturated carbocycles. The lowest BCUT2D eigenvalue weighted by atomic mass is 9.78. The maximum Gasteiger partial charge on any atom is 0.407 e. The molecule has 1 unspecified atom stereocenters. The Morgan fingerprint density at radius 3 is 2.85 bits per heavy atom. The Balaban J connectivity index is 1.74. The molecule has 1 heterocycles. The molecule has 1 aliphatic heterocycles. The Kier molecular flexibility index (Phi) is 5.41. The minimum atomic E-state index is -0.327. The first-order chi connectivity index (χ1) is 9.74. The smallest absolute Gasteiger partial charge is 0.407 e. The maximum atomic E-state index is 11.8. The molecule has 0 radical (unpaired) electrons. The van der Waals surface area contributed by atoms with E-state index < -0.39 is 0 Å². The third-order valence-electron chi connectivity index (χ3n) is 4.13. The van der Waals surface area contributed by atoms with Crippen LogP contribution in [0.15, 0.2) is 30.3 Å². The molecule has 0 aromatic heterocycles. The minimum Gasteiger partial charge on any atom is -0.445 e. The summed E-state index contributed by atoms with van der Waals surface area (Å²) in [5.41, 5.74) is 1.19. The van der Waals surface area contributed by atoms with Gasteiger partial charge in [0, 0.05) is 18.5 Å². The zero-order chi connectivity index (χ0) is 14.3. The third-order valence-corrected chi connectivity index (χ3v) is 4.13. The van der Waals surface area contributed by atoms with Gasteiger partial charge in [0.1, 0.15) is 6.61 Å². The summed E-state index contributed by atoms with van der Waals surface area (Å²) in [6, 6.07) is 9.73. The molecule has 1 saturated heterocycles. The third kappa shape index (κ3) is 4.23. The monoisotopic (exact) mass is 276 g/mol. The second-order valence-electron chi connectivity index (χ2n) is 5.55. The highest BCUT2D eigenvalue weighted by Gasteiger charge is 2.30. The SMILES string of the molecule is CCC1(CNC(=O)OCc2ccccc2)CCCNC1. The topological polar surface area (TPSA) is 50.4 Å². The number of carbonyl (C=O) groups excluding carboxylic acids is 1. The highest BCUT2D eigenvalue weighted by atomic mass is 16.5. The van der Waals surface area contributed by atoms with E-state index in [-0.39, 0.29) is 11.5 Å². The van der Waals surface area contributed by atoms with E-state index in [1.54, 1.807) is 0 Å². The Hall–Kier alpha value is -1.55. The van der Waals surface area contributed by atoms with Crippen molar-refractivity contribution in [3.8, 4) is 0 Å². The maximum absolute atomic E-state index is 11.8. The van der Waals surface area contributed by atoms with Gasteiger partial charge in [-0.1, -0.05) is 37.3 Å². The Bertz CT molecular complexity index is 414. The van der Waals surface area contributed by atoms with Crippen LogP contribution in [0.1, 0.15) is 31.7 Å². The van der Waals surface area contributed by atoms with Gasteiger partial charge in [-0.15, -0.1) is 0 Å². The van der Waals surface area contributed by atoms with E-state index in [0.29, 0.717) is 13.2 Å². The lowest BCUT2D eigenvalue weighted by molar-refractivity contribution is 0.126. The fourth-order valence-electron chi connectivity index (χ4n) is 2.64. The summed E-state index contributed by atoms with van der Waals surface area (Å²) >= 11 is 0. The first-order valence-electron chi connectivity index (χ1n) is 7.39. The Morgan fingerprint density at radius 1 is 1.40 bits per heavy atom. The number of rotatable bonds is 5. The van der Waals surface area contributed by atoms with E-state index in [1.165, 1.54) is 6.42 Å². The molecule has 2 rings (SSSR count). The Labute approximate surface area is 120 Å². The molecule has 1 aromatic rings. The molecule has 110 valence electrons. The number of hydrogen-bond acceptors (Lipinski definition) is 3. The van der Waals surface area contributed by atoms with Crippen molar-refractivity contribution in [3.63, 3.8) is 0 Å². The summed E-state index contributed by atoms with van der Waals surface area (Å²) in [6.07, 6.45) is 3.08. The number of carbonyl (C=O) groups is 1. The van der Waals surface area contributed by atoms with Crippen LogP contribution in [0.2, 0.25) is 0 Å². The number of hydrogen-bond donors (Lipinski definition) is 2. The highest BCUT2D eigenvalue weighted by Crippen LogP contribution is 2.28. The van der Waals surface area contributed by atoms with Crippen molar-refractivity contribution < 1.29 is 9.53 Å². The summed E-state index contributed by atoms with van der Waals surface area (Å²) in [4.78, 5) is 11.8. The fraction of sp³-hybridized carbons (Fsp3) is 0.562. The summed E-state index contributed by atoms with van der Waals surface area (Å²) in [5.74, 6) is 0. The van der Waals surface area contributed by atoms with Crippen LogP contribution in [-0.2, 0) is 11.3 Å². The van der Waals surface area contributed by atoms with Crippen LogP contribution in [-0.4, -0.2) is 25.7 Å². The van der Waals surface area contributed by atoms with Crippen LogP contribution in [0.4, 0.5) is 4.79 Å². The van der Waals surface area contributed by atoms with Gasteiger partial charge in [-0.05, 0) is 31.4 Å². The number of alkyl carbamates (subject to hydrolysis) is 1. The molecule has 0 aliphatic carbocycles. The van der Waals surface area contributed by atoms with Crippen LogP contribution in [0.25, 0.3) is 0 Å². The largest absolute Gasteiger partial charge is 0.445 e. The van der Waals surface area contributed by atoms with E-state index >= 15 is 0 Å². The van der Waals surface area contributed by atoms with E-state index in [4.69, 9.17) is 4.74 Å². The number of amides is 1. The van der Waals surface area contributed by atoms with Crippen LogP contribution in [0, 0.1) is 5.41 Å². The molecule has 1 aromatic carbocycles. The molecule has 1 amide bonds. The standard InChI is InChI=1S/C16H24N2O2/c1-2-16(9-6-10-17-12-16)13-18-15(19)20-11-14-7-4-3-5-8-14/h3-5,7-8,17H,2,6,9-13H2,1H3,(H,18,19). The number of benzene rings is 1. The zero-order valence-corrected chi connectivity index (χ0v) is 12.2. The molecule has 2 N–H and O–H groups in total. The lowest BCUT2D eigenvalue weighted by Gasteiger charge is -2.36. The predicted molar refractivity (Wildman–Crippen MR) is 79.5 cm³/mol. The van der Waals surface area contributed by atoms with Gasteiger partial charge in [0.15, 0.2) is 0 Å². The molecule has 4 nitrogen and oxygen atoms in total. The molecular weight excluding hydrogens is 252 g/mol. The van der Waals surface area contributed by atoms with Crippen molar-refractivity contribution in [1.29, 1.82) is 0 Å². The van der Waals surface area contributed by atoms with Crippen LogP contribution in [0.5, 0.6) is 0 Å². The Morgan fingerprint density at radius 2 is 2.20 bits per heavy atom. The van der Waals surface area contributed by atoms with E-state index in [1.807, 2.05) is 30.3 Å². The van der Waals surface area contributed by atoms with Crippen LogP contribution < -0.4 is 10.6 Å². The molecule has 1 aliphatic rings. The highest BCUT2D eigenvalue weighted by molar-refractivity contribution is 5.67. The van der Waals surface area contributed by atoms with Crippen LogP contribution in [0.3, 0.4) is 0 Å². The first kappa shape index (κ1) is 14.9. The van der Waals surface area contributed by atoms with Crippen molar-refractivity contribution in [2.75, 3.05) is 19.6 Å². The average molecular weight is 276 g/mol. The average Bonchev–Trinajstić information content (AvgIpc) is 2.53. The van der Waals surface area contributed by atoms with Gasteiger partial charge in [0.25, 0.3) is 0 Å². The van der Waals surface area contributed by atoms with E-state index in [0.717, 1.165) is 31.5 Å². The van der Waals surface area contributed by atoms with Gasteiger partial charge in [-0.3, -0.25) is 0 Å². The molecule has 0 bridgehead atoms. The predicted octanol–water partition coefficient (Wildman–Crippen LogP) is 2.69. The molecular formula is C16H24N2O2. The van der Waals surface area contributed by atoms with E-state index in [2.05, 4.69) is 17.6 Å². The van der Waals surface area contributed by atoms with Crippen molar-refractivity contribution in [2.24, 2.45) is 5.41 Å². The van der Waals surface area contributed by atoms with Gasteiger partial charge in [0.05, 0.1) is 0 Å². The van der Waals surface area contributed by atoms with Crippen molar-refractivity contribution in [1.82, 2.24) is 10.6 Å². The summed E-state index contributed by atoms with van der Waals surface area (Å²) in [7, 11) is 0. The molecule has 4 heteroatoms. The molecule has 0 spiro atoms. The van der Waals surface area contributed by atoms with E-state index in [9.17, 15) is 4.79 Å². The van der Waals surface area contributed by atoms with Gasteiger partial charge >= 0.3 is 6.09 Å². The number of piperidine rings is 1. The molecule has 1 fully saturated rings. The summed E-state index contributed by atoms with van der Waals surface area (Å²) in [6.45, 7) is 5.25. The molecule has 1 atom stereocenters. The van der Waals surface area contributed by atoms with Crippen molar-refractivity contribution in [2.45, 2.75) is 32.8 Å². The first-order valence-corrected chi connectivity index (χ1v) is 7.39. The second-order valence-corrected chi connectivity index (χ2v) is 5.55. The van der Waals surface area contributed by atoms with Crippen molar-refractivity contribution in [3.05, 3.63) is 35.9 Å². The van der Waals surface area contributed by atoms with Gasteiger partial charge in [-0.2, -0.15) is 0 Å². The van der Waals surface area contributed by atoms with Crippen molar-refractivity contribution >= 4 is 6.09 Å². The normalized spacial score (nSPS) is 22.2. The van der Waals surface area contributed by atoms with Gasteiger partial charge in [0.2, 0.25) is 0 Å². The summed E-state index contributed by atoms with van der Waals surface area (Å²) in [5, 5.41) is 6.33. The lowest BCUT2D eigenvalue weighted by Crippen LogP contribution is -2.47. The van der Waals surface area contributed by atoms with Crippen LogP contribution >= 0.6 is 0 Å². The number of ether oxygens (including phenoxy) is 1. The van der Waals surface area contributed by atoms with Gasteiger partial charge < -0.3 is 15.4 Å². The summed E-state index contributed by atoms with van der Waals surface area (Å²) < 4.78 is 5.24. The minimum absolute atomic E-state index is 0.185. The van der Waals surface area contributed by atoms with Gasteiger partial charge in [-0.25, -0.2) is 4.79 Å². The zero-order valence-electron chi connectivity index (χ0n) is 12.2. The number of nitrogens with one attached hydrogen (secondary N) is 2. The second kappa shape index (κ2) is 7.29. The molecule has 20 heavy (non-hydrogen) atoms. The fourth-order valence-corrected chi connectivity index (χ4v) is 2.64. The quantitative estimate of drug-likeness (QED) is 0.869.